The molecular formula is C21H15Cl3N2O. The van der Waals surface area contributed by atoms with Crippen molar-refractivity contribution in [3.8, 4) is 5.75 Å². The van der Waals surface area contributed by atoms with Crippen LogP contribution in [0.25, 0.3) is 0 Å². The minimum atomic E-state index is -0.120. The van der Waals surface area contributed by atoms with Gasteiger partial charge in [-0.15, -0.1) is 0 Å². The third kappa shape index (κ3) is 3.63. The lowest BCUT2D eigenvalue weighted by molar-refractivity contribution is 0.474. The standard InChI is InChI=1S/C21H15Cl3N2O/c22-13-5-8-15(9-6-13)26-20(16-10-7-14(23)11-18(16)24)12-19(25-26)17-3-1-2-4-21(17)27/h1-11,20,27H,12H2. The number of halogens is 3. The van der Waals surface area contributed by atoms with Gasteiger partial charge in [0.1, 0.15) is 5.75 Å². The van der Waals surface area contributed by atoms with Crippen molar-refractivity contribution in [2.24, 2.45) is 5.10 Å². The van der Waals surface area contributed by atoms with E-state index in [4.69, 9.17) is 39.9 Å². The summed E-state index contributed by atoms with van der Waals surface area (Å²) in [4.78, 5) is 0. The van der Waals surface area contributed by atoms with E-state index in [0.717, 1.165) is 17.0 Å². The van der Waals surface area contributed by atoms with Gasteiger partial charge >= 0.3 is 0 Å². The SMILES string of the molecule is Oc1ccccc1C1=NN(c2ccc(Cl)cc2)C(c2ccc(Cl)cc2Cl)C1. The Morgan fingerprint density at radius 1 is 0.889 bits per heavy atom. The highest BCUT2D eigenvalue weighted by Crippen LogP contribution is 2.41. The molecule has 1 N–H and O–H groups in total. The second-order valence-corrected chi connectivity index (χ2v) is 7.55. The van der Waals surface area contributed by atoms with Gasteiger partial charge in [-0.3, -0.25) is 5.01 Å². The van der Waals surface area contributed by atoms with Crippen LogP contribution in [0.3, 0.4) is 0 Å². The quantitative estimate of drug-likeness (QED) is 0.514. The molecule has 0 aliphatic carbocycles. The Bertz CT molecular complexity index is 1020. The molecule has 1 heterocycles. The van der Waals surface area contributed by atoms with Crippen LogP contribution in [-0.4, -0.2) is 10.8 Å². The zero-order chi connectivity index (χ0) is 19.0. The first-order chi connectivity index (χ1) is 13.0. The number of hydrazone groups is 1. The van der Waals surface area contributed by atoms with Crippen molar-refractivity contribution < 1.29 is 5.11 Å². The molecule has 1 aliphatic rings. The van der Waals surface area contributed by atoms with Crippen molar-refractivity contribution in [3.05, 3.63) is 92.9 Å². The normalized spacial score (nSPS) is 16.5. The van der Waals surface area contributed by atoms with Crippen LogP contribution in [-0.2, 0) is 0 Å². The van der Waals surface area contributed by atoms with Crippen molar-refractivity contribution in [1.29, 1.82) is 0 Å². The van der Waals surface area contributed by atoms with Crippen LogP contribution in [0.5, 0.6) is 5.75 Å². The number of hydrogen-bond donors (Lipinski definition) is 1. The van der Waals surface area contributed by atoms with Gasteiger partial charge in [0.15, 0.2) is 0 Å². The minimum Gasteiger partial charge on any atom is -0.507 e. The molecule has 0 amide bonds. The first-order valence-corrected chi connectivity index (χ1v) is 9.52. The minimum absolute atomic E-state index is 0.120. The van der Waals surface area contributed by atoms with E-state index < -0.39 is 0 Å². The second kappa shape index (κ2) is 7.43. The molecule has 1 atom stereocenters. The summed E-state index contributed by atoms with van der Waals surface area (Å²) in [6.07, 6.45) is 0.599. The molecule has 3 aromatic carbocycles. The van der Waals surface area contributed by atoms with Crippen LogP contribution in [0.4, 0.5) is 5.69 Å². The van der Waals surface area contributed by atoms with Crippen LogP contribution < -0.4 is 5.01 Å². The summed E-state index contributed by atoms with van der Waals surface area (Å²) < 4.78 is 0. The highest BCUT2D eigenvalue weighted by atomic mass is 35.5. The maximum Gasteiger partial charge on any atom is 0.124 e. The first-order valence-electron chi connectivity index (χ1n) is 8.38. The monoisotopic (exact) mass is 416 g/mol. The fourth-order valence-electron chi connectivity index (χ4n) is 3.24. The van der Waals surface area contributed by atoms with E-state index >= 15 is 0 Å². The molecule has 0 saturated heterocycles. The molecule has 0 spiro atoms. The number of hydrogen-bond acceptors (Lipinski definition) is 3. The molecule has 1 aliphatic heterocycles. The summed E-state index contributed by atoms with van der Waals surface area (Å²) in [6.45, 7) is 0. The molecule has 0 radical (unpaired) electrons. The third-order valence-electron chi connectivity index (χ3n) is 4.54. The number of rotatable bonds is 3. The lowest BCUT2D eigenvalue weighted by Crippen LogP contribution is -2.18. The van der Waals surface area contributed by atoms with E-state index in [9.17, 15) is 5.11 Å². The number of nitrogens with zero attached hydrogens (tertiary/aromatic N) is 2. The number of aromatic hydroxyl groups is 1. The molecule has 6 heteroatoms. The zero-order valence-electron chi connectivity index (χ0n) is 14.1. The van der Waals surface area contributed by atoms with E-state index in [1.54, 1.807) is 18.2 Å². The lowest BCUT2D eigenvalue weighted by atomic mass is 9.97. The van der Waals surface area contributed by atoms with E-state index in [-0.39, 0.29) is 11.8 Å². The fourth-order valence-corrected chi connectivity index (χ4v) is 3.90. The number of para-hydroxylation sites is 1. The largest absolute Gasteiger partial charge is 0.507 e. The molecule has 3 aromatic rings. The fraction of sp³-hybridized carbons (Fsp3) is 0.0952. The number of anilines is 1. The summed E-state index contributed by atoms with van der Waals surface area (Å²) in [5.74, 6) is 0.204. The van der Waals surface area contributed by atoms with Crippen molar-refractivity contribution in [2.75, 3.05) is 5.01 Å². The van der Waals surface area contributed by atoms with Crippen LogP contribution >= 0.6 is 34.8 Å². The van der Waals surface area contributed by atoms with Gasteiger partial charge in [0.05, 0.1) is 17.4 Å². The predicted molar refractivity (Wildman–Crippen MR) is 112 cm³/mol. The van der Waals surface area contributed by atoms with Gasteiger partial charge in [-0.05, 0) is 54.1 Å². The number of phenols is 1. The predicted octanol–water partition coefficient (Wildman–Crippen LogP) is 6.71. The second-order valence-electron chi connectivity index (χ2n) is 6.27. The Morgan fingerprint density at radius 2 is 1.59 bits per heavy atom. The summed E-state index contributed by atoms with van der Waals surface area (Å²) in [7, 11) is 0. The van der Waals surface area contributed by atoms with Crippen molar-refractivity contribution in [3.63, 3.8) is 0 Å². The number of phenolic OH excluding ortho intramolecular Hbond substituents is 1. The molecule has 0 fully saturated rings. The summed E-state index contributed by atoms with van der Waals surface area (Å²) in [5, 5.41) is 18.8. The van der Waals surface area contributed by atoms with Crippen LogP contribution in [0.1, 0.15) is 23.6 Å². The van der Waals surface area contributed by atoms with Gasteiger partial charge in [0.25, 0.3) is 0 Å². The van der Waals surface area contributed by atoms with Crippen molar-refractivity contribution in [2.45, 2.75) is 12.5 Å². The highest BCUT2D eigenvalue weighted by molar-refractivity contribution is 6.35. The molecule has 4 rings (SSSR count). The molecule has 0 bridgehead atoms. The number of benzene rings is 3. The maximum atomic E-state index is 10.3. The highest BCUT2D eigenvalue weighted by Gasteiger charge is 2.32. The van der Waals surface area contributed by atoms with Gasteiger partial charge < -0.3 is 5.11 Å². The molecule has 0 saturated carbocycles. The van der Waals surface area contributed by atoms with E-state index in [1.807, 2.05) is 53.5 Å². The van der Waals surface area contributed by atoms with Gasteiger partial charge in [0.2, 0.25) is 0 Å². The molecule has 3 nitrogen and oxygen atoms in total. The van der Waals surface area contributed by atoms with Gasteiger partial charge in [-0.25, -0.2) is 0 Å². The topological polar surface area (TPSA) is 35.8 Å². The van der Waals surface area contributed by atoms with Gasteiger partial charge in [-0.2, -0.15) is 5.10 Å². The molecule has 27 heavy (non-hydrogen) atoms. The molecule has 136 valence electrons. The van der Waals surface area contributed by atoms with Crippen LogP contribution in [0.2, 0.25) is 15.1 Å². The van der Waals surface area contributed by atoms with Crippen LogP contribution in [0, 0.1) is 0 Å². The summed E-state index contributed by atoms with van der Waals surface area (Å²) >= 11 is 18.6. The summed E-state index contributed by atoms with van der Waals surface area (Å²) in [5.41, 5.74) is 3.31. The molecule has 0 aromatic heterocycles. The first kappa shape index (κ1) is 18.2. The van der Waals surface area contributed by atoms with Crippen molar-refractivity contribution in [1.82, 2.24) is 0 Å². The van der Waals surface area contributed by atoms with E-state index in [0.29, 0.717) is 27.1 Å². The van der Waals surface area contributed by atoms with Gasteiger partial charge in [-0.1, -0.05) is 53.0 Å². The lowest BCUT2D eigenvalue weighted by Gasteiger charge is -2.25. The molecular weight excluding hydrogens is 403 g/mol. The van der Waals surface area contributed by atoms with E-state index in [1.165, 1.54) is 0 Å². The van der Waals surface area contributed by atoms with Gasteiger partial charge in [0, 0.05) is 27.1 Å². The van der Waals surface area contributed by atoms with Crippen LogP contribution in [0.15, 0.2) is 71.8 Å². The Morgan fingerprint density at radius 3 is 2.30 bits per heavy atom. The zero-order valence-corrected chi connectivity index (χ0v) is 16.4. The van der Waals surface area contributed by atoms with Crippen molar-refractivity contribution >= 4 is 46.2 Å². The maximum absolute atomic E-state index is 10.3. The molecule has 1 unspecified atom stereocenters. The average Bonchev–Trinajstić information content (AvgIpc) is 3.07. The average molecular weight is 418 g/mol. The summed E-state index contributed by atoms with van der Waals surface area (Å²) in [6, 6.07) is 20.0. The third-order valence-corrected chi connectivity index (χ3v) is 5.35. The smallest absolute Gasteiger partial charge is 0.124 e. The Kier molecular flexibility index (Phi) is 5.00. The Labute approximate surface area is 172 Å². The Hall–Kier alpha value is -2.20. The van der Waals surface area contributed by atoms with E-state index in [2.05, 4.69) is 0 Å². The Balaban J connectivity index is 1.80.